The van der Waals surface area contributed by atoms with Gasteiger partial charge in [-0.3, -0.25) is 4.79 Å². The predicted molar refractivity (Wildman–Crippen MR) is 98.2 cm³/mol. The fraction of sp³-hybridized carbons (Fsp3) is 0.316. The lowest BCUT2D eigenvalue weighted by Crippen LogP contribution is -2.40. The third-order valence-corrected chi connectivity index (χ3v) is 5.16. The zero-order chi connectivity index (χ0) is 19.1. The highest BCUT2D eigenvalue weighted by Crippen LogP contribution is 2.56. The third kappa shape index (κ3) is 2.82. The molecule has 1 amide bonds. The molecule has 3 rings (SSSR count). The summed E-state index contributed by atoms with van der Waals surface area (Å²) in [5.41, 5.74) is -4.68. The molecule has 0 fully saturated rings. The number of fused-ring (bicyclic) bond motifs is 3. The van der Waals surface area contributed by atoms with Crippen molar-refractivity contribution in [2.24, 2.45) is 0 Å². The smallest absolute Gasteiger partial charge is 0.295 e. The predicted octanol–water partition coefficient (Wildman–Crippen LogP) is 2.83. The van der Waals surface area contributed by atoms with Crippen molar-refractivity contribution >= 4 is 15.1 Å². The molecule has 0 saturated carbocycles. The number of carbonyl (C=O) groups is 1. The SMILES string of the molecule is CN(CCCO)C(=O)c1ccc2c(c1)C(O)(C(F)(F)P)c1ccccc1-2. The number of aliphatic hydroxyl groups excluding tert-OH is 1. The lowest BCUT2D eigenvalue weighted by atomic mass is 9.90. The van der Waals surface area contributed by atoms with Crippen LogP contribution in [0.3, 0.4) is 0 Å². The Morgan fingerprint density at radius 1 is 1.19 bits per heavy atom. The molecular formula is C19H20F2NO3P. The summed E-state index contributed by atoms with van der Waals surface area (Å²) in [5.74, 6) is -0.355. The van der Waals surface area contributed by atoms with E-state index in [0.717, 1.165) is 0 Å². The van der Waals surface area contributed by atoms with Gasteiger partial charge in [-0.05, 0) is 29.7 Å². The van der Waals surface area contributed by atoms with E-state index >= 15 is 0 Å². The van der Waals surface area contributed by atoms with E-state index in [1.807, 2.05) is 0 Å². The first kappa shape index (κ1) is 18.9. The summed E-state index contributed by atoms with van der Waals surface area (Å²) in [7, 11) is 2.99. The number of rotatable bonds is 5. The Morgan fingerprint density at radius 2 is 1.85 bits per heavy atom. The Morgan fingerprint density at radius 3 is 2.50 bits per heavy atom. The summed E-state index contributed by atoms with van der Waals surface area (Å²) in [6.07, 6.45) is 0.423. The molecule has 138 valence electrons. The topological polar surface area (TPSA) is 60.8 Å². The van der Waals surface area contributed by atoms with Crippen molar-refractivity contribution in [2.45, 2.75) is 17.7 Å². The van der Waals surface area contributed by atoms with E-state index < -0.39 is 11.3 Å². The van der Waals surface area contributed by atoms with E-state index in [1.54, 1.807) is 37.4 Å². The second-order valence-electron chi connectivity index (χ2n) is 6.44. The minimum absolute atomic E-state index is 0.0140. The number of carbonyl (C=O) groups excluding carboxylic acids is 1. The largest absolute Gasteiger partial charge is 0.396 e. The molecule has 1 aliphatic carbocycles. The highest BCUT2D eigenvalue weighted by atomic mass is 31.0. The minimum atomic E-state index is -3.52. The van der Waals surface area contributed by atoms with Gasteiger partial charge in [-0.25, -0.2) is 0 Å². The molecule has 2 aromatic carbocycles. The molecule has 2 N–H and O–H groups in total. The molecule has 1 aliphatic rings. The Hall–Kier alpha value is -1.88. The maximum absolute atomic E-state index is 14.4. The molecule has 4 nitrogen and oxygen atoms in total. The van der Waals surface area contributed by atoms with Gasteiger partial charge in [-0.15, -0.1) is 0 Å². The van der Waals surface area contributed by atoms with Crippen LogP contribution in [0, 0.1) is 0 Å². The van der Waals surface area contributed by atoms with Gasteiger partial charge in [0.15, 0.2) is 5.60 Å². The number of amides is 1. The summed E-state index contributed by atoms with van der Waals surface area (Å²) < 4.78 is 28.8. The van der Waals surface area contributed by atoms with Crippen LogP contribution in [-0.2, 0) is 5.60 Å². The summed E-state index contributed by atoms with van der Waals surface area (Å²) in [5, 5.41) is 19.9. The van der Waals surface area contributed by atoms with Crippen molar-refractivity contribution < 1.29 is 23.8 Å². The first-order valence-electron chi connectivity index (χ1n) is 8.21. The zero-order valence-corrected chi connectivity index (χ0v) is 15.4. The van der Waals surface area contributed by atoms with Gasteiger partial charge in [0.25, 0.3) is 11.6 Å². The monoisotopic (exact) mass is 379 g/mol. The second-order valence-corrected chi connectivity index (χ2v) is 7.17. The maximum atomic E-state index is 14.4. The number of aliphatic hydroxyl groups is 2. The number of benzene rings is 2. The Labute approximate surface area is 152 Å². The van der Waals surface area contributed by atoms with E-state index in [9.17, 15) is 18.7 Å². The van der Waals surface area contributed by atoms with Crippen LogP contribution in [0.5, 0.6) is 0 Å². The highest BCUT2D eigenvalue weighted by molar-refractivity contribution is 7.18. The van der Waals surface area contributed by atoms with Gasteiger partial charge in [-0.1, -0.05) is 39.6 Å². The van der Waals surface area contributed by atoms with Crippen LogP contribution < -0.4 is 0 Å². The molecule has 0 saturated heterocycles. The average Bonchev–Trinajstić information content (AvgIpc) is 2.89. The van der Waals surface area contributed by atoms with Crippen LogP contribution in [-0.4, -0.2) is 46.9 Å². The molecule has 0 spiro atoms. The summed E-state index contributed by atoms with van der Waals surface area (Å²) in [4.78, 5) is 14.0. The maximum Gasteiger partial charge on any atom is 0.295 e. The van der Waals surface area contributed by atoms with Gasteiger partial charge in [0.1, 0.15) is 0 Å². The lowest BCUT2D eigenvalue weighted by Gasteiger charge is -2.32. The molecule has 2 atom stereocenters. The zero-order valence-electron chi connectivity index (χ0n) is 14.2. The highest BCUT2D eigenvalue weighted by Gasteiger charge is 2.56. The molecule has 2 unspecified atom stereocenters. The number of halogens is 2. The van der Waals surface area contributed by atoms with Crippen molar-refractivity contribution in [3.63, 3.8) is 0 Å². The standard InChI is InChI=1S/C19H20F2NO3P/c1-22(9-4-10-23)17(24)12-7-8-14-13-5-2-3-6-15(13)18(25,16(14)11-12)19(20,21)26/h2-3,5-8,11,23,25H,4,9-10,26H2,1H3. The van der Waals surface area contributed by atoms with Crippen LogP contribution in [0.1, 0.15) is 27.9 Å². The van der Waals surface area contributed by atoms with Crippen molar-refractivity contribution in [1.82, 2.24) is 4.90 Å². The molecule has 0 bridgehead atoms. The first-order valence-corrected chi connectivity index (χ1v) is 8.79. The van der Waals surface area contributed by atoms with Crippen molar-refractivity contribution in [2.75, 3.05) is 20.2 Å². The van der Waals surface area contributed by atoms with Crippen LogP contribution in [0.2, 0.25) is 0 Å². The molecule has 0 heterocycles. The van der Waals surface area contributed by atoms with Crippen LogP contribution in [0.15, 0.2) is 42.5 Å². The van der Waals surface area contributed by atoms with Crippen LogP contribution in [0.4, 0.5) is 8.78 Å². The summed E-state index contributed by atoms with van der Waals surface area (Å²) >= 11 is 0. The normalized spacial score (nSPS) is 18.4. The molecule has 0 radical (unpaired) electrons. The second kappa shape index (κ2) is 6.69. The van der Waals surface area contributed by atoms with E-state index in [-0.39, 0.29) is 29.2 Å². The van der Waals surface area contributed by atoms with Gasteiger partial charge in [0.2, 0.25) is 0 Å². The fourth-order valence-corrected chi connectivity index (χ4v) is 3.69. The van der Waals surface area contributed by atoms with E-state index in [1.165, 1.54) is 26.3 Å². The van der Waals surface area contributed by atoms with E-state index in [2.05, 4.69) is 0 Å². The molecule has 26 heavy (non-hydrogen) atoms. The van der Waals surface area contributed by atoms with Gasteiger partial charge in [-0.2, -0.15) is 8.78 Å². The van der Waals surface area contributed by atoms with Gasteiger partial charge < -0.3 is 15.1 Å². The first-order chi connectivity index (χ1) is 12.2. The molecule has 0 aliphatic heterocycles. The average molecular weight is 379 g/mol. The number of alkyl halides is 2. The van der Waals surface area contributed by atoms with Crippen molar-refractivity contribution in [3.8, 4) is 11.1 Å². The molecular weight excluding hydrogens is 359 g/mol. The number of nitrogens with zero attached hydrogens (tertiary/aromatic N) is 1. The number of hydrogen-bond donors (Lipinski definition) is 2. The molecule has 2 aromatic rings. The van der Waals surface area contributed by atoms with Crippen LogP contribution >= 0.6 is 9.24 Å². The van der Waals surface area contributed by atoms with Gasteiger partial charge in [0.05, 0.1) is 0 Å². The quantitative estimate of drug-likeness (QED) is 0.786. The van der Waals surface area contributed by atoms with Gasteiger partial charge >= 0.3 is 0 Å². The van der Waals surface area contributed by atoms with Gasteiger partial charge in [0, 0.05) is 36.9 Å². The number of hydrogen-bond acceptors (Lipinski definition) is 3. The van der Waals surface area contributed by atoms with Crippen molar-refractivity contribution in [1.29, 1.82) is 0 Å². The Balaban J connectivity index is 2.11. The lowest BCUT2D eigenvalue weighted by molar-refractivity contribution is -0.0964. The van der Waals surface area contributed by atoms with E-state index in [0.29, 0.717) is 24.1 Å². The summed E-state index contributed by atoms with van der Waals surface area (Å²) in [6, 6.07) is 11.0. The van der Waals surface area contributed by atoms with E-state index in [4.69, 9.17) is 5.11 Å². The molecule has 7 heteroatoms. The Bertz CT molecular complexity index is 853. The van der Waals surface area contributed by atoms with Crippen molar-refractivity contribution in [3.05, 3.63) is 59.2 Å². The van der Waals surface area contributed by atoms with Crippen LogP contribution in [0.25, 0.3) is 11.1 Å². The third-order valence-electron chi connectivity index (χ3n) is 4.74. The summed E-state index contributed by atoms with van der Waals surface area (Å²) in [6.45, 7) is 0.298. The Kier molecular flexibility index (Phi) is 4.86. The minimum Gasteiger partial charge on any atom is -0.396 e. The molecule has 0 aromatic heterocycles. The fourth-order valence-electron chi connectivity index (χ4n) is 3.38.